The number of carbonyl (C=O) groups is 1. The fourth-order valence-electron chi connectivity index (χ4n) is 2.60. The molecule has 0 aromatic carbocycles. The highest BCUT2D eigenvalue weighted by Gasteiger charge is 2.46. The minimum absolute atomic E-state index is 0.0208. The van der Waals surface area contributed by atoms with E-state index in [1.807, 2.05) is 22.7 Å². The first kappa shape index (κ1) is 9.84. The third-order valence-electron chi connectivity index (χ3n) is 3.51. The van der Waals surface area contributed by atoms with Crippen LogP contribution in [0.2, 0.25) is 0 Å². The minimum Gasteiger partial charge on any atom is -0.329 e. The molecule has 0 bridgehead atoms. The van der Waals surface area contributed by atoms with Gasteiger partial charge in [0.05, 0.1) is 11.7 Å². The van der Waals surface area contributed by atoms with Gasteiger partial charge < -0.3 is 10.6 Å². The van der Waals surface area contributed by atoms with Crippen LogP contribution in [-0.4, -0.2) is 32.7 Å². The van der Waals surface area contributed by atoms with Crippen LogP contribution in [0.3, 0.4) is 0 Å². The van der Waals surface area contributed by atoms with Crippen molar-refractivity contribution in [1.29, 1.82) is 0 Å². The molecular formula is C11H16N4O. The number of nitrogens with two attached hydrogens (primary N) is 1. The van der Waals surface area contributed by atoms with Crippen LogP contribution in [0.5, 0.6) is 0 Å². The van der Waals surface area contributed by atoms with Crippen molar-refractivity contribution < 1.29 is 4.79 Å². The molecule has 16 heavy (non-hydrogen) atoms. The Labute approximate surface area is 94.2 Å². The highest BCUT2D eigenvalue weighted by molar-refractivity contribution is 5.81. The number of aromatic nitrogens is 2. The zero-order valence-corrected chi connectivity index (χ0v) is 9.34. The van der Waals surface area contributed by atoms with Crippen molar-refractivity contribution in [3.8, 4) is 0 Å². The summed E-state index contributed by atoms with van der Waals surface area (Å²) in [6.45, 7) is 0. The van der Waals surface area contributed by atoms with Gasteiger partial charge in [0.25, 0.3) is 0 Å². The van der Waals surface area contributed by atoms with Crippen LogP contribution in [0, 0.1) is 0 Å². The number of carbonyl (C=O) groups excluding carboxylic acids is 1. The normalized spacial score (nSPS) is 30.1. The lowest BCUT2D eigenvalue weighted by molar-refractivity contribution is -0.129. The van der Waals surface area contributed by atoms with Crippen molar-refractivity contribution in [3.05, 3.63) is 18.0 Å². The standard InChI is InChI=1S/C11H16N4O/c1-14-9(4-5-13-14)11-8(12)6-10(16)15(11)7-2-3-7/h4-5,7-8,11H,2-3,6,12H2,1H3. The van der Waals surface area contributed by atoms with Crippen molar-refractivity contribution in [2.75, 3.05) is 0 Å². The zero-order chi connectivity index (χ0) is 11.3. The lowest BCUT2D eigenvalue weighted by Gasteiger charge is -2.26. The maximum atomic E-state index is 11.9. The summed E-state index contributed by atoms with van der Waals surface area (Å²) in [5, 5.41) is 4.16. The summed E-state index contributed by atoms with van der Waals surface area (Å²) in [4.78, 5) is 13.9. The Morgan fingerprint density at radius 2 is 2.25 bits per heavy atom. The Balaban J connectivity index is 1.97. The molecule has 2 aliphatic rings. The molecule has 3 rings (SSSR count). The van der Waals surface area contributed by atoms with E-state index in [0.717, 1.165) is 18.5 Å². The van der Waals surface area contributed by atoms with E-state index in [1.165, 1.54) is 0 Å². The number of rotatable bonds is 2. The fourth-order valence-corrected chi connectivity index (χ4v) is 2.60. The van der Waals surface area contributed by atoms with Crippen molar-refractivity contribution in [1.82, 2.24) is 14.7 Å². The van der Waals surface area contributed by atoms with Crippen LogP contribution >= 0.6 is 0 Å². The Morgan fingerprint density at radius 1 is 1.50 bits per heavy atom. The van der Waals surface area contributed by atoms with E-state index in [9.17, 15) is 4.79 Å². The minimum atomic E-state index is -0.0940. The Hall–Kier alpha value is -1.36. The molecule has 2 atom stereocenters. The molecule has 1 saturated heterocycles. The Kier molecular flexibility index (Phi) is 2.04. The Bertz CT molecular complexity index is 423. The van der Waals surface area contributed by atoms with Gasteiger partial charge in [0.2, 0.25) is 5.91 Å². The first-order chi connectivity index (χ1) is 7.68. The molecular weight excluding hydrogens is 204 g/mol. The van der Waals surface area contributed by atoms with Gasteiger partial charge in [0, 0.05) is 31.7 Å². The summed E-state index contributed by atoms with van der Waals surface area (Å²) in [7, 11) is 1.90. The predicted molar refractivity (Wildman–Crippen MR) is 58.4 cm³/mol. The maximum Gasteiger partial charge on any atom is 0.225 e. The third-order valence-corrected chi connectivity index (χ3v) is 3.51. The number of likely N-dealkylation sites (tertiary alicyclic amines) is 1. The number of nitrogens with zero attached hydrogens (tertiary/aromatic N) is 3. The van der Waals surface area contributed by atoms with E-state index in [4.69, 9.17) is 5.73 Å². The van der Waals surface area contributed by atoms with Crippen molar-refractivity contribution in [2.45, 2.75) is 37.4 Å². The molecule has 1 aliphatic carbocycles. The predicted octanol–water partition coefficient (Wildman–Crippen LogP) is 0.183. The van der Waals surface area contributed by atoms with Gasteiger partial charge in [0.15, 0.2) is 0 Å². The smallest absolute Gasteiger partial charge is 0.225 e. The van der Waals surface area contributed by atoms with Crippen molar-refractivity contribution in [3.63, 3.8) is 0 Å². The molecule has 1 amide bonds. The molecule has 2 heterocycles. The average Bonchev–Trinajstić information content (AvgIpc) is 2.91. The van der Waals surface area contributed by atoms with Crippen molar-refractivity contribution in [2.24, 2.45) is 12.8 Å². The second-order valence-electron chi connectivity index (χ2n) is 4.72. The molecule has 86 valence electrons. The molecule has 2 unspecified atom stereocenters. The molecule has 0 radical (unpaired) electrons. The summed E-state index contributed by atoms with van der Waals surface area (Å²) in [5.41, 5.74) is 7.13. The molecule has 1 saturated carbocycles. The second-order valence-corrected chi connectivity index (χ2v) is 4.72. The SMILES string of the molecule is Cn1nccc1C1C(N)CC(=O)N1C1CC1. The molecule has 1 aliphatic heterocycles. The summed E-state index contributed by atoms with van der Waals surface area (Å²) < 4.78 is 1.82. The van der Waals surface area contributed by atoms with Gasteiger partial charge >= 0.3 is 0 Å². The quantitative estimate of drug-likeness (QED) is 0.773. The summed E-state index contributed by atoms with van der Waals surface area (Å²) in [6, 6.07) is 2.30. The van der Waals surface area contributed by atoms with Crippen LogP contribution in [0.4, 0.5) is 0 Å². The Morgan fingerprint density at radius 3 is 2.81 bits per heavy atom. The van der Waals surface area contributed by atoms with E-state index < -0.39 is 0 Å². The molecule has 2 N–H and O–H groups in total. The monoisotopic (exact) mass is 220 g/mol. The van der Waals surface area contributed by atoms with Crippen LogP contribution in [0.15, 0.2) is 12.3 Å². The number of amides is 1. The third kappa shape index (κ3) is 1.35. The highest BCUT2D eigenvalue weighted by Crippen LogP contribution is 2.40. The van der Waals surface area contributed by atoms with Gasteiger partial charge in [-0.05, 0) is 18.9 Å². The van der Waals surface area contributed by atoms with E-state index in [-0.39, 0.29) is 18.0 Å². The lowest BCUT2D eigenvalue weighted by atomic mass is 10.1. The van der Waals surface area contributed by atoms with E-state index in [0.29, 0.717) is 12.5 Å². The summed E-state index contributed by atoms with van der Waals surface area (Å²) in [6.07, 6.45) is 4.46. The van der Waals surface area contributed by atoms with Gasteiger partial charge in [-0.3, -0.25) is 9.48 Å². The molecule has 2 fully saturated rings. The molecule has 1 aromatic rings. The zero-order valence-electron chi connectivity index (χ0n) is 9.34. The highest BCUT2D eigenvalue weighted by atomic mass is 16.2. The molecule has 5 heteroatoms. The van der Waals surface area contributed by atoms with Crippen LogP contribution in [0.1, 0.15) is 31.0 Å². The van der Waals surface area contributed by atoms with E-state index in [2.05, 4.69) is 5.10 Å². The lowest BCUT2D eigenvalue weighted by Crippen LogP contribution is -2.35. The average molecular weight is 220 g/mol. The second kappa shape index (κ2) is 3.31. The molecule has 5 nitrogen and oxygen atoms in total. The van der Waals surface area contributed by atoms with Gasteiger partial charge in [0.1, 0.15) is 0 Å². The number of hydrogen-bond acceptors (Lipinski definition) is 3. The topological polar surface area (TPSA) is 64.2 Å². The number of aryl methyl sites for hydroxylation is 1. The van der Waals surface area contributed by atoms with Crippen LogP contribution in [0.25, 0.3) is 0 Å². The summed E-state index contributed by atoms with van der Waals surface area (Å²) in [5.74, 6) is 0.196. The van der Waals surface area contributed by atoms with Crippen molar-refractivity contribution >= 4 is 5.91 Å². The fraction of sp³-hybridized carbons (Fsp3) is 0.636. The summed E-state index contributed by atoms with van der Waals surface area (Å²) >= 11 is 0. The van der Waals surface area contributed by atoms with E-state index >= 15 is 0 Å². The first-order valence-electron chi connectivity index (χ1n) is 5.73. The van der Waals surface area contributed by atoms with Gasteiger partial charge in [-0.25, -0.2) is 0 Å². The van der Waals surface area contributed by atoms with Crippen LogP contribution < -0.4 is 5.73 Å². The molecule has 0 spiro atoms. The van der Waals surface area contributed by atoms with Crippen LogP contribution in [-0.2, 0) is 11.8 Å². The number of hydrogen-bond donors (Lipinski definition) is 1. The van der Waals surface area contributed by atoms with Gasteiger partial charge in [-0.2, -0.15) is 5.10 Å². The van der Waals surface area contributed by atoms with Gasteiger partial charge in [-0.15, -0.1) is 0 Å². The maximum absolute atomic E-state index is 11.9. The first-order valence-corrected chi connectivity index (χ1v) is 5.73. The van der Waals surface area contributed by atoms with Gasteiger partial charge in [-0.1, -0.05) is 0 Å². The largest absolute Gasteiger partial charge is 0.329 e. The molecule has 1 aromatic heterocycles. The van der Waals surface area contributed by atoms with E-state index in [1.54, 1.807) is 6.20 Å².